The molecule has 1 atom stereocenters. The minimum atomic E-state index is -3.10. The van der Waals surface area contributed by atoms with E-state index >= 15 is 0 Å². The molecule has 28 heavy (non-hydrogen) atoms. The Balaban J connectivity index is 2.03. The zero-order valence-electron chi connectivity index (χ0n) is 15.1. The average molecular weight is 399 g/mol. The van der Waals surface area contributed by atoms with E-state index in [0.717, 1.165) is 11.0 Å². The first-order chi connectivity index (χ1) is 13.2. The molecule has 2 heterocycles. The summed E-state index contributed by atoms with van der Waals surface area (Å²) in [5.74, 6) is 0.289. The molecule has 0 radical (unpaired) electrons. The summed E-state index contributed by atoms with van der Waals surface area (Å²) >= 11 is 0. The Hall–Kier alpha value is -2.69. The monoisotopic (exact) mass is 399 g/mol. The van der Waals surface area contributed by atoms with Crippen molar-refractivity contribution in [1.82, 2.24) is 9.24 Å². The number of alkyl halides is 2. The van der Waals surface area contributed by atoms with Gasteiger partial charge in [0.25, 0.3) is 11.5 Å². The van der Waals surface area contributed by atoms with Gasteiger partial charge in [0.15, 0.2) is 11.6 Å². The van der Waals surface area contributed by atoms with Crippen LogP contribution in [0.3, 0.4) is 0 Å². The van der Waals surface area contributed by atoms with Crippen LogP contribution in [0.2, 0.25) is 0 Å². The maximum Gasteiger partial charge on any atom is 0.350 e. The van der Waals surface area contributed by atoms with Gasteiger partial charge in [0.05, 0.1) is 25.0 Å². The number of aromatic nitrogens is 2. The van der Waals surface area contributed by atoms with Gasteiger partial charge >= 0.3 is 5.69 Å². The van der Waals surface area contributed by atoms with E-state index in [2.05, 4.69) is 0 Å². The minimum absolute atomic E-state index is 0.0672. The second-order valence-electron chi connectivity index (χ2n) is 7.27. The van der Waals surface area contributed by atoms with E-state index < -0.39 is 35.5 Å². The van der Waals surface area contributed by atoms with E-state index in [4.69, 9.17) is 16.3 Å². The van der Waals surface area contributed by atoms with E-state index in [0.29, 0.717) is 17.5 Å². The van der Waals surface area contributed by atoms with E-state index in [1.54, 1.807) is 0 Å². The smallest absolute Gasteiger partial charge is 0.350 e. The number of methoxy groups -OCH3 is 1. The summed E-state index contributed by atoms with van der Waals surface area (Å²) in [6.07, 6.45) is 1.36. The van der Waals surface area contributed by atoms with Crippen LogP contribution in [0, 0.1) is 11.7 Å². The standard InChI is InChI=1S/C17H20F3N5O3/c1-28-14-12-10(15(26)25(22)16(27)24(12)9-2-3-9)4-11(18)13(14)23-6-8(5-21)17(19,20)7-23/h4,8-9H,2-3,5-7,21-22H2,1H3. The fourth-order valence-electron chi connectivity index (χ4n) is 3.86. The molecule has 0 amide bonds. The van der Waals surface area contributed by atoms with Crippen LogP contribution in [0.1, 0.15) is 18.9 Å². The SMILES string of the molecule is COc1c(N2CC(CN)C(F)(F)C2)c(F)cc2c(=O)n(N)c(=O)n(C3CC3)c12. The number of anilines is 1. The first kappa shape index (κ1) is 18.7. The van der Waals surface area contributed by atoms with Gasteiger partial charge in [-0.3, -0.25) is 9.36 Å². The van der Waals surface area contributed by atoms with Crippen molar-refractivity contribution in [3.05, 3.63) is 32.7 Å². The summed E-state index contributed by atoms with van der Waals surface area (Å²) in [6, 6.07) is 0.708. The van der Waals surface area contributed by atoms with Crippen molar-refractivity contribution in [2.75, 3.05) is 37.5 Å². The summed E-state index contributed by atoms with van der Waals surface area (Å²) in [5, 5.41) is -0.145. The predicted octanol–water partition coefficient (Wildman–Crippen LogP) is 0.390. The Morgan fingerprint density at radius 3 is 2.54 bits per heavy atom. The molecule has 0 spiro atoms. The number of benzene rings is 1. The predicted molar refractivity (Wildman–Crippen MR) is 97.1 cm³/mol. The maximum atomic E-state index is 15.0. The highest BCUT2D eigenvalue weighted by Crippen LogP contribution is 2.45. The summed E-state index contributed by atoms with van der Waals surface area (Å²) in [6.45, 7) is -1.18. The third-order valence-electron chi connectivity index (χ3n) is 5.44. The number of nitrogens with zero attached hydrogens (tertiary/aromatic N) is 3. The first-order valence-electron chi connectivity index (χ1n) is 8.87. The third kappa shape index (κ3) is 2.56. The van der Waals surface area contributed by atoms with Gasteiger partial charge in [-0.15, -0.1) is 0 Å². The average Bonchev–Trinajstić information content (AvgIpc) is 3.43. The van der Waals surface area contributed by atoms with E-state index in [1.807, 2.05) is 0 Å². The summed E-state index contributed by atoms with van der Waals surface area (Å²) < 4.78 is 50.5. The van der Waals surface area contributed by atoms with Gasteiger partial charge in [-0.25, -0.2) is 18.0 Å². The van der Waals surface area contributed by atoms with Crippen molar-refractivity contribution >= 4 is 16.6 Å². The molecule has 11 heteroatoms. The van der Waals surface area contributed by atoms with Gasteiger partial charge < -0.3 is 21.2 Å². The van der Waals surface area contributed by atoms with Crippen LogP contribution in [-0.4, -0.2) is 41.9 Å². The van der Waals surface area contributed by atoms with Crippen molar-refractivity contribution in [2.24, 2.45) is 11.7 Å². The largest absolute Gasteiger partial charge is 0.492 e. The summed E-state index contributed by atoms with van der Waals surface area (Å²) in [7, 11) is 1.24. The highest BCUT2D eigenvalue weighted by molar-refractivity contribution is 5.91. The summed E-state index contributed by atoms with van der Waals surface area (Å²) in [5.41, 5.74) is 3.65. The van der Waals surface area contributed by atoms with Gasteiger partial charge in [-0.05, 0) is 18.9 Å². The van der Waals surface area contributed by atoms with E-state index in [9.17, 15) is 22.8 Å². The van der Waals surface area contributed by atoms with Crippen LogP contribution in [0.25, 0.3) is 10.9 Å². The fraction of sp³-hybridized carbons (Fsp3) is 0.529. The van der Waals surface area contributed by atoms with E-state index in [-0.39, 0.29) is 41.5 Å². The number of nitrogen functional groups attached to an aromatic ring is 1. The molecule has 152 valence electrons. The number of rotatable bonds is 4. The number of fused-ring (bicyclic) bond motifs is 1. The van der Waals surface area contributed by atoms with Crippen molar-refractivity contribution in [1.29, 1.82) is 0 Å². The van der Waals surface area contributed by atoms with Crippen molar-refractivity contribution in [3.63, 3.8) is 0 Å². The van der Waals surface area contributed by atoms with Crippen LogP contribution in [-0.2, 0) is 0 Å². The maximum absolute atomic E-state index is 15.0. The van der Waals surface area contributed by atoms with Gasteiger partial charge in [0.1, 0.15) is 11.2 Å². The molecule has 2 aromatic rings. The highest BCUT2D eigenvalue weighted by Gasteiger charge is 2.48. The number of hydrogen-bond donors (Lipinski definition) is 2. The highest BCUT2D eigenvalue weighted by atomic mass is 19.3. The lowest BCUT2D eigenvalue weighted by atomic mass is 10.1. The molecule has 4 N–H and O–H groups in total. The summed E-state index contributed by atoms with van der Waals surface area (Å²) in [4.78, 5) is 26.2. The second-order valence-corrected chi connectivity index (χ2v) is 7.27. The number of ether oxygens (including phenoxy) is 1. The number of nitrogens with two attached hydrogens (primary N) is 2. The molecular weight excluding hydrogens is 379 g/mol. The molecule has 4 rings (SSSR count). The molecule has 2 aliphatic rings. The van der Waals surface area contributed by atoms with Gasteiger partial charge in [0, 0.05) is 19.1 Å². The minimum Gasteiger partial charge on any atom is -0.492 e. The molecule has 1 saturated carbocycles. The van der Waals surface area contributed by atoms with Crippen LogP contribution in [0.5, 0.6) is 5.75 Å². The van der Waals surface area contributed by atoms with Crippen molar-refractivity contribution in [2.45, 2.75) is 24.8 Å². The molecule has 0 bridgehead atoms. The topological polar surface area (TPSA) is 109 Å². The lowest BCUT2D eigenvalue weighted by Gasteiger charge is -2.24. The Morgan fingerprint density at radius 2 is 2.00 bits per heavy atom. The van der Waals surface area contributed by atoms with Crippen LogP contribution in [0.15, 0.2) is 15.7 Å². The van der Waals surface area contributed by atoms with Gasteiger partial charge in [-0.2, -0.15) is 4.68 Å². The first-order valence-corrected chi connectivity index (χ1v) is 8.87. The Morgan fingerprint density at radius 1 is 1.32 bits per heavy atom. The normalized spacial score (nSPS) is 21.5. The molecular formula is C17H20F3N5O3. The molecule has 1 aromatic carbocycles. The lowest BCUT2D eigenvalue weighted by molar-refractivity contribution is -0.0171. The van der Waals surface area contributed by atoms with Crippen LogP contribution in [0.4, 0.5) is 18.9 Å². The van der Waals surface area contributed by atoms with Gasteiger partial charge in [0.2, 0.25) is 0 Å². The molecule has 8 nitrogen and oxygen atoms in total. The zero-order valence-corrected chi connectivity index (χ0v) is 15.1. The number of halogens is 3. The van der Waals surface area contributed by atoms with Crippen LogP contribution >= 0.6 is 0 Å². The van der Waals surface area contributed by atoms with Crippen molar-refractivity contribution in [3.8, 4) is 5.75 Å². The third-order valence-corrected chi connectivity index (χ3v) is 5.44. The zero-order chi connectivity index (χ0) is 20.4. The molecule has 1 saturated heterocycles. The fourth-order valence-corrected chi connectivity index (χ4v) is 3.86. The Bertz CT molecular complexity index is 1080. The Labute approximate surface area is 157 Å². The number of hydrogen-bond acceptors (Lipinski definition) is 6. The van der Waals surface area contributed by atoms with Gasteiger partial charge in [-0.1, -0.05) is 0 Å². The molecule has 1 unspecified atom stereocenters. The Kier molecular flexibility index (Phi) is 4.11. The van der Waals surface area contributed by atoms with Crippen molar-refractivity contribution < 1.29 is 17.9 Å². The van der Waals surface area contributed by atoms with Crippen LogP contribution < -0.4 is 32.5 Å². The lowest BCUT2D eigenvalue weighted by Crippen LogP contribution is -2.44. The quantitative estimate of drug-likeness (QED) is 0.720. The molecule has 2 fully saturated rings. The molecule has 1 aliphatic heterocycles. The molecule has 1 aliphatic carbocycles. The van der Waals surface area contributed by atoms with E-state index in [1.165, 1.54) is 11.7 Å². The molecule has 1 aromatic heterocycles. The second kappa shape index (κ2) is 6.16.